The van der Waals surface area contributed by atoms with Crippen molar-refractivity contribution < 1.29 is 18.3 Å². The Bertz CT molecular complexity index is 136. The summed E-state index contributed by atoms with van der Waals surface area (Å²) in [6.45, 7) is 0.202. The summed E-state index contributed by atoms with van der Waals surface area (Å²) >= 11 is 0. The van der Waals surface area contributed by atoms with E-state index in [2.05, 4.69) is 5.32 Å². The Morgan fingerprint density at radius 2 is 1.91 bits per heavy atom. The maximum absolute atomic E-state index is 12.0. The van der Waals surface area contributed by atoms with Crippen LogP contribution < -0.4 is 5.32 Å². The van der Waals surface area contributed by atoms with Crippen LogP contribution in [0.2, 0.25) is 0 Å². The van der Waals surface area contributed by atoms with E-state index in [4.69, 9.17) is 5.11 Å². The third kappa shape index (κ3) is 2.34. The molecule has 2 atom stereocenters. The van der Waals surface area contributed by atoms with E-state index in [0.717, 1.165) is 0 Å². The van der Waals surface area contributed by atoms with Gasteiger partial charge in [0, 0.05) is 13.1 Å². The highest BCUT2D eigenvalue weighted by atomic mass is 19.4. The van der Waals surface area contributed by atoms with E-state index in [1.54, 1.807) is 0 Å². The first-order valence-corrected chi connectivity index (χ1v) is 3.45. The van der Waals surface area contributed by atoms with Crippen molar-refractivity contribution in [3.8, 4) is 0 Å². The van der Waals surface area contributed by atoms with Gasteiger partial charge in [0.2, 0.25) is 0 Å². The van der Waals surface area contributed by atoms with E-state index < -0.39 is 18.2 Å². The van der Waals surface area contributed by atoms with Gasteiger partial charge in [0.1, 0.15) is 0 Å². The molecule has 1 saturated heterocycles. The first-order valence-electron chi connectivity index (χ1n) is 3.45. The molecule has 5 heteroatoms. The molecule has 2 N–H and O–H groups in total. The van der Waals surface area contributed by atoms with Crippen LogP contribution >= 0.6 is 0 Å². The zero-order valence-electron chi connectivity index (χ0n) is 5.86. The summed E-state index contributed by atoms with van der Waals surface area (Å²) in [5, 5.41) is 11.4. The topological polar surface area (TPSA) is 32.3 Å². The van der Waals surface area contributed by atoms with Gasteiger partial charge in [-0.1, -0.05) is 0 Å². The standard InChI is InChI=1S/C6H10F3NO/c7-6(8,9)4-1-5(11)3-10-2-4/h4-5,10-11H,1-3H2/t4-,5-/m1/s1. The number of hydrogen-bond donors (Lipinski definition) is 2. The van der Waals surface area contributed by atoms with Crippen molar-refractivity contribution in [2.75, 3.05) is 13.1 Å². The van der Waals surface area contributed by atoms with Gasteiger partial charge in [-0.05, 0) is 6.42 Å². The molecular weight excluding hydrogens is 159 g/mol. The fraction of sp³-hybridized carbons (Fsp3) is 1.00. The predicted octanol–water partition coefficient (Wildman–Crippen LogP) is 0.519. The number of aliphatic hydroxyl groups excluding tert-OH is 1. The van der Waals surface area contributed by atoms with Crippen LogP contribution in [0.1, 0.15) is 6.42 Å². The quantitative estimate of drug-likeness (QED) is 0.554. The SMILES string of the molecule is O[C@H]1CNC[C@H](C(F)(F)F)C1. The summed E-state index contributed by atoms with van der Waals surface area (Å²) < 4.78 is 35.9. The van der Waals surface area contributed by atoms with E-state index in [9.17, 15) is 13.2 Å². The zero-order valence-corrected chi connectivity index (χ0v) is 5.86. The van der Waals surface area contributed by atoms with Crippen molar-refractivity contribution in [3.63, 3.8) is 0 Å². The van der Waals surface area contributed by atoms with Crippen LogP contribution in [0.4, 0.5) is 13.2 Å². The molecule has 1 heterocycles. The van der Waals surface area contributed by atoms with Crippen LogP contribution in [0.15, 0.2) is 0 Å². The van der Waals surface area contributed by atoms with Gasteiger partial charge < -0.3 is 10.4 Å². The second-order valence-corrected chi connectivity index (χ2v) is 2.79. The molecule has 0 bridgehead atoms. The summed E-state index contributed by atoms with van der Waals surface area (Å²) in [6, 6.07) is 0. The van der Waals surface area contributed by atoms with Crippen LogP contribution in [0.3, 0.4) is 0 Å². The van der Waals surface area contributed by atoms with Gasteiger partial charge in [-0.2, -0.15) is 13.2 Å². The molecule has 1 aliphatic rings. The monoisotopic (exact) mass is 169 g/mol. The predicted molar refractivity (Wildman–Crippen MR) is 33.0 cm³/mol. The van der Waals surface area contributed by atoms with E-state index in [1.807, 2.05) is 0 Å². The maximum atomic E-state index is 12.0. The van der Waals surface area contributed by atoms with Crippen LogP contribution in [0.5, 0.6) is 0 Å². The lowest BCUT2D eigenvalue weighted by atomic mass is 9.97. The highest BCUT2D eigenvalue weighted by Gasteiger charge is 2.41. The molecule has 2 nitrogen and oxygen atoms in total. The molecule has 0 unspecified atom stereocenters. The molecular formula is C6H10F3NO. The fourth-order valence-corrected chi connectivity index (χ4v) is 1.17. The third-order valence-corrected chi connectivity index (χ3v) is 1.79. The minimum absolute atomic E-state index is 0.0689. The summed E-state index contributed by atoms with van der Waals surface area (Å²) in [5.74, 6) is -1.38. The molecule has 0 spiro atoms. The molecule has 1 rings (SSSR count). The number of piperidine rings is 1. The number of aliphatic hydroxyl groups is 1. The zero-order chi connectivity index (χ0) is 8.48. The highest BCUT2D eigenvalue weighted by Crippen LogP contribution is 2.30. The van der Waals surface area contributed by atoms with Gasteiger partial charge in [0.15, 0.2) is 0 Å². The molecule has 0 amide bonds. The number of nitrogens with one attached hydrogen (secondary N) is 1. The van der Waals surface area contributed by atoms with Gasteiger partial charge in [-0.25, -0.2) is 0 Å². The van der Waals surface area contributed by atoms with Crippen LogP contribution in [-0.4, -0.2) is 30.5 Å². The van der Waals surface area contributed by atoms with Gasteiger partial charge in [-0.3, -0.25) is 0 Å². The first kappa shape index (κ1) is 8.80. The lowest BCUT2D eigenvalue weighted by Crippen LogP contribution is -2.45. The summed E-state index contributed by atoms with van der Waals surface area (Å²) in [6.07, 6.45) is -5.19. The number of β-amino-alcohol motifs (C(OH)–C–C–N with tert-alkyl or cyclic N) is 1. The van der Waals surface area contributed by atoms with Crippen molar-refractivity contribution in [2.24, 2.45) is 5.92 Å². The normalized spacial score (nSPS) is 33.8. The maximum Gasteiger partial charge on any atom is 0.393 e. The highest BCUT2D eigenvalue weighted by molar-refractivity contribution is 4.79. The molecule has 0 aromatic rings. The average molecular weight is 169 g/mol. The summed E-state index contributed by atoms with van der Waals surface area (Å²) in [5.41, 5.74) is 0. The summed E-state index contributed by atoms with van der Waals surface area (Å²) in [4.78, 5) is 0. The molecule has 0 radical (unpaired) electrons. The second kappa shape index (κ2) is 2.98. The minimum atomic E-state index is -4.17. The summed E-state index contributed by atoms with van der Waals surface area (Å²) in [7, 11) is 0. The lowest BCUT2D eigenvalue weighted by Gasteiger charge is -2.28. The Hall–Kier alpha value is -0.290. The number of hydrogen-bond acceptors (Lipinski definition) is 2. The number of rotatable bonds is 0. The van der Waals surface area contributed by atoms with Crippen molar-refractivity contribution in [2.45, 2.75) is 18.7 Å². The van der Waals surface area contributed by atoms with Gasteiger partial charge in [-0.15, -0.1) is 0 Å². The molecule has 1 fully saturated rings. The smallest absolute Gasteiger partial charge is 0.392 e. The molecule has 0 aromatic heterocycles. The Balaban J connectivity index is 2.46. The molecule has 0 aliphatic carbocycles. The third-order valence-electron chi connectivity index (χ3n) is 1.79. The average Bonchev–Trinajstić information content (AvgIpc) is 1.86. The van der Waals surface area contributed by atoms with Gasteiger partial charge in [0.05, 0.1) is 12.0 Å². The van der Waals surface area contributed by atoms with E-state index >= 15 is 0 Å². The van der Waals surface area contributed by atoms with E-state index in [0.29, 0.717) is 0 Å². The fourth-order valence-electron chi connectivity index (χ4n) is 1.17. The van der Waals surface area contributed by atoms with Crippen molar-refractivity contribution in [1.29, 1.82) is 0 Å². The Morgan fingerprint density at radius 3 is 2.27 bits per heavy atom. The Labute approximate surface area is 62.4 Å². The van der Waals surface area contributed by atoms with Gasteiger partial charge in [0.25, 0.3) is 0 Å². The number of halogens is 3. The molecule has 1 aliphatic heterocycles. The molecule has 11 heavy (non-hydrogen) atoms. The molecule has 0 aromatic carbocycles. The van der Waals surface area contributed by atoms with Crippen LogP contribution in [0, 0.1) is 5.92 Å². The van der Waals surface area contributed by atoms with Crippen LogP contribution in [-0.2, 0) is 0 Å². The van der Waals surface area contributed by atoms with Crippen molar-refractivity contribution in [3.05, 3.63) is 0 Å². The van der Waals surface area contributed by atoms with Crippen molar-refractivity contribution in [1.82, 2.24) is 5.32 Å². The van der Waals surface area contributed by atoms with Crippen LogP contribution in [0.25, 0.3) is 0 Å². The Morgan fingerprint density at radius 1 is 1.27 bits per heavy atom. The molecule has 66 valence electrons. The van der Waals surface area contributed by atoms with Gasteiger partial charge >= 0.3 is 6.18 Å². The lowest BCUT2D eigenvalue weighted by molar-refractivity contribution is -0.185. The second-order valence-electron chi connectivity index (χ2n) is 2.79. The van der Waals surface area contributed by atoms with Crippen molar-refractivity contribution >= 4 is 0 Å². The molecule has 0 saturated carbocycles. The van der Waals surface area contributed by atoms with E-state index in [-0.39, 0.29) is 19.5 Å². The largest absolute Gasteiger partial charge is 0.393 e. The minimum Gasteiger partial charge on any atom is -0.392 e. The Kier molecular flexibility index (Phi) is 2.39. The number of alkyl halides is 3. The first-order chi connectivity index (χ1) is 5.00. The van der Waals surface area contributed by atoms with E-state index in [1.165, 1.54) is 0 Å².